The summed E-state index contributed by atoms with van der Waals surface area (Å²) >= 11 is 5.86. The van der Waals surface area contributed by atoms with Gasteiger partial charge in [-0.2, -0.15) is 0 Å². The Labute approximate surface area is 127 Å². The topological polar surface area (TPSA) is 78.9 Å². The molecule has 6 nitrogen and oxygen atoms in total. The van der Waals surface area contributed by atoms with Crippen molar-refractivity contribution in [1.29, 1.82) is 0 Å². The van der Waals surface area contributed by atoms with Gasteiger partial charge in [-0.05, 0) is 31.0 Å². The minimum atomic E-state index is -1.09. The van der Waals surface area contributed by atoms with E-state index >= 15 is 0 Å². The molecule has 7 heteroatoms. The number of piperidine rings is 1. The first-order chi connectivity index (χ1) is 9.99. The molecule has 0 saturated carbocycles. The Kier molecular flexibility index (Phi) is 5.03. The summed E-state index contributed by atoms with van der Waals surface area (Å²) in [5.41, 5.74) is 0.412. The van der Waals surface area contributed by atoms with Crippen LogP contribution >= 0.6 is 11.6 Å². The molecule has 0 aliphatic carbocycles. The van der Waals surface area contributed by atoms with E-state index < -0.39 is 5.97 Å². The van der Waals surface area contributed by atoms with Gasteiger partial charge in [0.05, 0.1) is 11.7 Å². The van der Waals surface area contributed by atoms with Gasteiger partial charge in [-0.25, -0.2) is 9.59 Å². The van der Waals surface area contributed by atoms with Crippen LogP contribution in [0, 0.1) is 0 Å². The van der Waals surface area contributed by atoms with E-state index in [1.54, 1.807) is 12.0 Å². The molecule has 1 aromatic carbocycles. The average molecular weight is 313 g/mol. The van der Waals surface area contributed by atoms with Crippen LogP contribution in [0.5, 0.6) is 0 Å². The maximum absolute atomic E-state index is 12.1. The first-order valence-electron chi connectivity index (χ1n) is 6.62. The second kappa shape index (κ2) is 6.78. The monoisotopic (exact) mass is 312 g/mol. The number of hydrogen-bond donors (Lipinski definition) is 2. The molecule has 0 atom stereocenters. The highest BCUT2D eigenvalue weighted by molar-refractivity contribution is 6.31. The van der Waals surface area contributed by atoms with Crippen molar-refractivity contribution in [3.05, 3.63) is 28.8 Å². The third-order valence-corrected chi connectivity index (χ3v) is 3.68. The largest absolute Gasteiger partial charge is 0.478 e. The molecule has 2 amide bonds. The van der Waals surface area contributed by atoms with Crippen LogP contribution in [0.1, 0.15) is 23.2 Å². The van der Waals surface area contributed by atoms with E-state index in [4.69, 9.17) is 21.4 Å². The number of urea groups is 1. The lowest BCUT2D eigenvalue weighted by molar-refractivity contribution is 0.0521. The lowest BCUT2D eigenvalue weighted by Gasteiger charge is -2.31. The summed E-state index contributed by atoms with van der Waals surface area (Å²) in [7, 11) is 1.67. The van der Waals surface area contributed by atoms with Crippen LogP contribution in [0.25, 0.3) is 0 Å². The van der Waals surface area contributed by atoms with Gasteiger partial charge >= 0.3 is 12.0 Å². The van der Waals surface area contributed by atoms with Crippen LogP contribution in [0.15, 0.2) is 18.2 Å². The van der Waals surface area contributed by atoms with Crippen molar-refractivity contribution in [2.24, 2.45) is 0 Å². The number of carboxylic acid groups (broad SMARTS) is 1. The molecule has 0 bridgehead atoms. The summed E-state index contributed by atoms with van der Waals surface area (Å²) in [6, 6.07) is 3.98. The van der Waals surface area contributed by atoms with Crippen LogP contribution in [0.3, 0.4) is 0 Å². The molecule has 2 N–H and O–H groups in total. The quantitative estimate of drug-likeness (QED) is 0.899. The van der Waals surface area contributed by atoms with Crippen LogP contribution < -0.4 is 5.32 Å². The van der Waals surface area contributed by atoms with E-state index in [1.165, 1.54) is 18.2 Å². The smallest absolute Gasteiger partial charge is 0.335 e. The van der Waals surface area contributed by atoms with Gasteiger partial charge in [0.15, 0.2) is 0 Å². The van der Waals surface area contributed by atoms with E-state index in [9.17, 15) is 9.59 Å². The molecule has 0 aromatic heterocycles. The molecule has 1 heterocycles. The normalized spacial score (nSPS) is 15.8. The third kappa shape index (κ3) is 4.09. The van der Waals surface area contributed by atoms with Crippen molar-refractivity contribution in [2.75, 3.05) is 25.5 Å². The molecular weight excluding hydrogens is 296 g/mol. The van der Waals surface area contributed by atoms with Crippen molar-refractivity contribution >= 4 is 29.3 Å². The number of rotatable bonds is 3. The van der Waals surface area contributed by atoms with E-state index in [2.05, 4.69) is 5.32 Å². The second-order valence-electron chi connectivity index (χ2n) is 4.89. The van der Waals surface area contributed by atoms with Gasteiger partial charge in [-0.1, -0.05) is 11.6 Å². The predicted octanol–water partition coefficient (Wildman–Crippen LogP) is 2.68. The number of methoxy groups -OCH3 is 1. The van der Waals surface area contributed by atoms with Gasteiger partial charge in [0.1, 0.15) is 0 Å². The molecule has 2 rings (SSSR count). The molecule has 0 unspecified atom stereocenters. The zero-order valence-electron chi connectivity index (χ0n) is 11.6. The maximum atomic E-state index is 12.1. The predicted molar refractivity (Wildman–Crippen MR) is 79.0 cm³/mol. The zero-order chi connectivity index (χ0) is 15.4. The Balaban J connectivity index is 2.01. The van der Waals surface area contributed by atoms with Gasteiger partial charge in [0.25, 0.3) is 0 Å². The Morgan fingerprint density at radius 1 is 1.33 bits per heavy atom. The summed E-state index contributed by atoms with van der Waals surface area (Å²) in [4.78, 5) is 24.8. The van der Waals surface area contributed by atoms with Crippen LogP contribution in [-0.2, 0) is 4.74 Å². The molecular formula is C14H17ClN2O4. The fourth-order valence-electron chi connectivity index (χ4n) is 2.28. The Bertz CT molecular complexity index is 542. The number of carbonyl (C=O) groups is 2. The van der Waals surface area contributed by atoms with Gasteiger partial charge in [0.2, 0.25) is 0 Å². The zero-order valence-corrected chi connectivity index (χ0v) is 12.4. The van der Waals surface area contributed by atoms with Crippen molar-refractivity contribution in [3.8, 4) is 0 Å². The van der Waals surface area contributed by atoms with Gasteiger partial charge < -0.3 is 20.1 Å². The fraction of sp³-hybridized carbons (Fsp3) is 0.429. The van der Waals surface area contributed by atoms with Crippen LogP contribution in [0.2, 0.25) is 5.02 Å². The number of amides is 2. The van der Waals surface area contributed by atoms with Crippen molar-refractivity contribution in [2.45, 2.75) is 18.9 Å². The third-order valence-electron chi connectivity index (χ3n) is 3.46. The number of ether oxygens (including phenoxy) is 1. The lowest BCUT2D eigenvalue weighted by Crippen LogP contribution is -2.42. The van der Waals surface area contributed by atoms with Crippen molar-refractivity contribution < 1.29 is 19.4 Å². The average Bonchev–Trinajstić information content (AvgIpc) is 2.46. The Hall–Kier alpha value is -1.79. The molecule has 1 aliphatic heterocycles. The number of benzene rings is 1. The number of carboxylic acids is 1. The molecule has 1 saturated heterocycles. The molecule has 0 radical (unpaired) electrons. The minimum absolute atomic E-state index is 0.0379. The molecule has 21 heavy (non-hydrogen) atoms. The number of likely N-dealkylation sites (tertiary alicyclic amines) is 1. The number of hydrogen-bond acceptors (Lipinski definition) is 3. The summed E-state index contributed by atoms with van der Waals surface area (Å²) in [6.07, 6.45) is 1.78. The molecule has 1 aromatic rings. The van der Waals surface area contributed by atoms with E-state index in [-0.39, 0.29) is 22.7 Å². The van der Waals surface area contributed by atoms with E-state index in [0.29, 0.717) is 18.8 Å². The van der Waals surface area contributed by atoms with Crippen LogP contribution in [0.4, 0.5) is 10.5 Å². The molecule has 1 aliphatic rings. The Morgan fingerprint density at radius 2 is 2.00 bits per heavy atom. The molecule has 114 valence electrons. The lowest BCUT2D eigenvalue weighted by atomic mass is 10.1. The molecule has 0 spiro atoms. The second-order valence-corrected chi connectivity index (χ2v) is 5.32. The SMILES string of the molecule is COC1CCN(C(=O)Nc2cc(Cl)cc(C(=O)O)c2)CC1. The first kappa shape index (κ1) is 15.6. The van der Waals surface area contributed by atoms with Crippen molar-refractivity contribution in [3.63, 3.8) is 0 Å². The number of nitrogens with zero attached hydrogens (tertiary/aromatic N) is 1. The number of halogens is 1. The first-order valence-corrected chi connectivity index (χ1v) is 7.00. The highest BCUT2D eigenvalue weighted by atomic mass is 35.5. The summed E-state index contributed by atoms with van der Waals surface area (Å²) < 4.78 is 5.25. The van der Waals surface area contributed by atoms with Gasteiger partial charge in [-0.3, -0.25) is 0 Å². The summed E-state index contributed by atoms with van der Waals surface area (Å²) in [5.74, 6) is -1.09. The summed E-state index contributed by atoms with van der Waals surface area (Å²) in [6.45, 7) is 1.22. The van der Waals surface area contributed by atoms with Gasteiger partial charge in [-0.15, -0.1) is 0 Å². The molecule has 1 fully saturated rings. The standard InChI is InChI=1S/C14H17ClN2O4/c1-21-12-2-4-17(5-3-12)14(20)16-11-7-9(13(18)19)6-10(15)8-11/h6-8,12H,2-5H2,1H3,(H,16,20)(H,18,19). The highest BCUT2D eigenvalue weighted by Crippen LogP contribution is 2.20. The number of aromatic carboxylic acids is 1. The van der Waals surface area contributed by atoms with Crippen LogP contribution in [-0.4, -0.2) is 48.3 Å². The van der Waals surface area contributed by atoms with E-state index in [1.807, 2.05) is 0 Å². The number of nitrogens with one attached hydrogen (secondary N) is 1. The minimum Gasteiger partial charge on any atom is -0.478 e. The van der Waals surface area contributed by atoms with Crippen molar-refractivity contribution in [1.82, 2.24) is 4.90 Å². The fourth-order valence-corrected chi connectivity index (χ4v) is 2.52. The summed E-state index contributed by atoms with van der Waals surface area (Å²) in [5, 5.41) is 11.9. The number of anilines is 1. The highest BCUT2D eigenvalue weighted by Gasteiger charge is 2.22. The maximum Gasteiger partial charge on any atom is 0.335 e. The Morgan fingerprint density at radius 3 is 2.57 bits per heavy atom. The van der Waals surface area contributed by atoms with Gasteiger partial charge in [0, 0.05) is 30.9 Å². The number of carbonyl (C=O) groups excluding carboxylic acids is 1. The van der Waals surface area contributed by atoms with E-state index in [0.717, 1.165) is 12.8 Å².